The Balaban J connectivity index is 1.54. The van der Waals surface area contributed by atoms with E-state index in [1.165, 1.54) is 12.8 Å². The number of hydrogen-bond acceptors (Lipinski definition) is 4. The molecule has 1 aromatic carbocycles. The first kappa shape index (κ1) is 14.0. The van der Waals surface area contributed by atoms with Gasteiger partial charge in [0.1, 0.15) is 12.1 Å². The minimum Gasteiger partial charge on any atom is -0.353 e. The topological polar surface area (TPSA) is 63.1 Å². The van der Waals surface area contributed by atoms with Crippen molar-refractivity contribution in [3.8, 4) is 0 Å². The molecule has 1 unspecified atom stereocenters. The van der Waals surface area contributed by atoms with Crippen molar-refractivity contribution in [1.82, 2.24) is 25.2 Å². The van der Waals surface area contributed by atoms with Gasteiger partial charge in [0.15, 0.2) is 0 Å². The Hall–Kier alpha value is -1.95. The van der Waals surface area contributed by atoms with Crippen molar-refractivity contribution >= 4 is 16.9 Å². The van der Waals surface area contributed by atoms with Gasteiger partial charge in [-0.25, -0.2) is 4.68 Å². The Morgan fingerprint density at radius 2 is 2.10 bits per heavy atom. The minimum atomic E-state index is -0.0169. The van der Waals surface area contributed by atoms with E-state index in [0.717, 1.165) is 24.1 Å². The maximum Gasteiger partial charge on any atom is 0.241 e. The number of carbonyl (C=O) groups is 1. The Morgan fingerprint density at radius 3 is 2.90 bits per heavy atom. The van der Waals surface area contributed by atoms with Gasteiger partial charge in [0.25, 0.3) is 0 Å². The highest BCUT2D eigenvalue weighted by molar-refractivity contribution is 5.79. The molecular weight excluding hydrogens is 266 g/mol. The van der Waals surface area contributed by atoms with Crippen molar-refractivity contribution < 1.29 is 4.79 Å². The number of hydrogen-bond donors (Lipinski definition) is 1. The van der Waals surface area contributed by atoms with Crippen LogP contribution >= 0.6 is 0 Å². The maximum absolute atomic E-state index is 12.1. The molecule has 1 fully saturated rings. The lowest BCUT2D eigenvalue weighted by Gasteiger charge is -2.23. The maximum atomic E-state index is 12.1. The molecule has 6 nitrogen and oxygen atoms in total. The van der Waals surface area contributed by atoms with Crippen molar-refractivity contribution in [2.75, 3.05) is 19.6 Å². The third kappa shape index (κ3) is 3.21. The number of fused-ring (bicyclic) bond motifs is 1. The summed E-state index contributed by atoms with van der Waals surface area (Å²) in [6.07, 6.45) is 2.53. The van der Waals surface area contributed by atoms with E-state index in [9.17, 15) is 4.79 Å². The zero-order valence-electron chi connectivity index (χ0n) is 12.3. The highest BCUT2D eigenvalue weighted by atomic mass is 16.2. The molecular formula is C15H21N5O. The number of para-hydroxylation sites is 1. The second kappa shape index (κ2) is 6.22. The monoisotopic (exact) mass is 287 g/mol. The number of benzene rings is 1. The van der Waals surface area contributed by atoms with Crippen LogP contribution in [-0.2, 0) is 11.3 Å². The van der Waals surface area contributed by atoms with Gasteiger partial charge < -0.3 is 5.32 Å². The molecule has 0 saturated carbocycles. The van der Waals surface area contributed by atoms with Gasteiger partial charge in [0.2, 0.25) is 5.91 Å². The van der Waals surface area contributed by atoms with Crippen LogP contribution in [0.4, 0.5) is 0 Å². The van der Waals surface area contributed by atoms with Gasteiger partial charge in [0, 0.05) is 12.6 Å². The van der Waals surface area contributed by atoms with Gasteiger partial charge >= 0.3 is 0 Å². The van der Waals surface area contributed by atoms with Gasteiger partial charge in [-0.2, -0.15) is 0 Å². The van der Waals surface area contributed by atoms with Crippen LogP contribution in [0.3, 0.4) is 0 Å². The van der Waals surface area contributed by atoms with E-state index in [1.807, 2.05) is 24.3 Å². The van der Waals surface area contributed by atoms with Crippen molar-refractivity contribution in [2.45, 2.75) is 32.4 Å². The average molecular weight is 287 g/mol. The summed E-state index contributed by atoms with van der Waals surface area (Å²) in [4.78, 5) is 14.5. The molecule has 1 saturated heterocycles. The molecule has 112 valence electrons. The molecule has 1 atom stereocenters. The van der Waals surface area contributed by atoms with Crippen molar-refractivity contribution in [3.05, 3.63) is 24.3 Å². The van der Waals surface area contributed by atoms with E-state index in [1.54, 1.807) is 4.68 Å². The van der Waals surface area contributed by atoms with Crippen LogP contribution in [0.5, 0.6) is 0 Å². The van der Waals surface area contributed by atoms with Crippen molar-refractivity contribution in [1.29, 1.82) is 0 Å². The summed E-state index contributed by atoms with van der Waals surface area (Å²) in [5.41, 5.74) is 1.70. The summed E-state index contributed by atoms with van der Waals surface area (Å²) in [5, 5.41) is 11.1. The zero-order valence-corrected chi connectivity index (χ0v) is 12.3. The molecule has 2 aromatic rings. The molecule has 6 heteroatoms. The fourth-order valence-electron chi connectivity index (χ4n) is 2.80. The number of amides is 1. The van der Waals surface area contributed by atoms with Crippen LogP contribution in [0.2, 0.25) is 0 Å². The summed E-state index contributed by atoms with van der Waals surface area (Å²) >= 11 is 0. The minimum absolute atomic E-state index is 0.0169. The van der Waals surface area contributed by atoms with Gasteiger partial charge in [0.05, 0.1) is 5.52 Å². The first-order valence-corrected chi connectivity index (χ1v) is 7.53. The third-order valence-electron chi connectivity index (χ3n) is 4.07. The molecule has 1 amide bonds. The number of carbonyl (C=O) groups excluding carboxylic acids is 1. The standard InChI is InChI=1S/C15H21N5O/c1-12(19-8-4-5-9-19)10-16-15(21)11-20-14-7-3-2-6-13(14)17-18-20/h2-3,6-7,12H,4-5,8-11H2,1H3,(H,16,21). The van der Waals surface area contributed by atoms with Crippen molar-refractivity contribution in [2.24, 2.45) is 0 Å². The fraction of sp³-hybridized carbons (Fsp3) is 0.533. The number of aromatic nitrogens is 3. The first-order valence-electron chi connectivity index (χ1n) is 7.53. The second-order valence-corrected chi connectivity index (χ2v) is 5.63. The molecule has 0 bridgehead atoms. The molecule has 3 rings (SSSR count). The fourth-order valence-corrected chi connectivity index (χ4v) is 2.80. The number of nitrogens with one attached hydrogen (secondary N) is 1. The lowest BCUT2D eigenvalue weighted by molar-refractivity contribution is -0.122. The Kier molecular flexibility index (Phi) is 4.15. The summed E-state index contributed by atoms with van der Waals surface area (Å²) in [5.74, 6) is -0.0169. The highest BCUT2D eigenvalue weighted by Crippen LogP contribution is 2.11. The molecule has 1 aliphatic heterocycles. The lowest BCUT2D eigenvalue weighted by atomic mass is 10.3. The van der Waals surface area contributed by atoms with Crippen molar-refractivity contribution in [3.63, 3.8) is 0 Å². The van der Waals surface area contributed by atoms with Gasteiger partial charge in [-0.3, -0.25) is 9.69 Å². The van der Waals surface area contributed by atoms with Gasteiger partial charge in [-0.05, 0) is 45.0 Å². The van der Waals surface area contributed by atoms with E-state index in [2.05, 4.69) is 27.5 Å². The van der Waals surface area contributed by atoms with Crippen LogP contribution in [0.15, 0.2) is 24.3 Å². The SMILES string of the molecule is CC(CNC(=O)Cn1nnc2ccccc21)N1CCCC1. The van der Waals surface area contributed by atoms with Gasteiger partial charge in [-0.15, -0.1) is 5.10 Å². The highest BCUT2D eigenvalue weighted by Gasteiger charge is 2.18. The number of rotatable bonds is 5. The molecule has 0 radical (unpaired) electrons. The van der Waals surface area contributed by atoms with E-state index >= 15 is 0 Å². The van der Waals surface area contributed by atoms with Crippen LogP contribution in [-0.4, -0.2) is 51.5 Å². The lowest BCUT2D eigenvalue weighted by Crippen LogP contribution is -2.41. The van der Waals surface area contributed by atoms with E-state index in [0.29, 0.717) is 12.6 Å². The summed E-state index contributed by atoms with van der Waals surface area (Å²) in [6, 6.07) is 8.06. The molecule has 0 spiro atoms. The van der Waals surface area contributed by atoms with Crippen LogP contribution < -0.4 is 5.32 Å². The Bertz CT molecular complexity index is 617. The summed E-state index contributed by atoms with van der Waals surface area (Å²) in [6.45, 7) is 5.35. The second-order valence-electron chi connectivity index (χ2n) is 5.63. The largest absolute Gasteiger partial charge is 0.353 e. The smallest absolute Gasteiger partial charge is 0.241 e. The van der Waals surface area contributed by atoms with Gasteiger partial charge in [-0.1, -0.05) is 17.3 Å². The number of nitrogens with zero attached hydrogens (tertiary/aromatic N) is 4. The predicted molar refractivity (Wildman–Crippen MR) is 80.8 cm³/mol. The van der Waals surface area contributed by atoms with Crippen LogP contribution in [0.25, 0.3) is 11.0 Å². The molecule has 1 aliphatic rings. The molecule has 2 heterocycles. The Labute approximate surface area is 124 Å². The predicted octanol–water partition coefficient (Wildman–Crippen LogP) is 1.03. The van der Waals surface area contributed by atoms with Crippen LogP contribution in [0, 0.1) is 0 Å². The number of likely N-dealkylation sites (tertiary alicyclic amines) is 1. The van der Waals surface area contributed by atoms with Crippen LogP contribution in [0.1, 0.15) is 19.8 Å². The normalized spacial score (nSPS) is 17.2. The summed E-state index contributed by atoms with van der Waals surface area (Å²) < 4.78 is 1.64. The average Bonchev–Trinajstić information content (AvgIpc) is 3.15. The quantitative estimate of drug-likeness (QED) is 0.892. The van der Waals surface area contributed by atoms with E-state index in [4.69, 9.17) is 0 Å². The zero-order chi connectivity index (χ0) is 14.7. The molecule has 21 heavy (non-hydrogen) atoms. The Morgan fingerprint density at radius 1 is 1.33 bits per heavy atom. The van der Waals surface area contributed by atoms with E-state index < -0.39 is 0 Å². The first-order chi connectivity index (χ1) is 10.2. The third-order valence-corrected chi connectivity index (χ3v) is 4.07. The summed E-state index contributed by atoms with van der Waals surface area (Å²) in [7, 11) is 0. The molecule has 0 aliphatic carbocycles. The molecule has 1 N–H and O–H groups in total. The molecule has 1 aromatic heterocycles. The van der Waals surface area contributed by atoms with E-state index in [-0.39, 0.29) is 12.5 Å².